The smallest absolute Gasteiger partial charge is 0.226 e. The highest BCUT2D eigenvalue weighted by atomic mass is 32.2. The topological polar surface area (TPSA) is 64.9 Å². The quantitative estimate of drug-likeness (QED) is 0.666. The van der Waals surface area contributed by atoms with E-state index in [4.69, 9.17) is 10.3 Å². The van der Waals surface area contributed by atoms with E-state index in [0.29, 0.717) is 11.6 Å². The van der Waals surface area contributed by atoms with Crippen molar-refractivity contribution < 1.29 is 4.52 Å². The van der Waals surface area contributed by atoms with Crippen LogP contribution in [-0.2, 0) is 12.2 Å². The Labute approximate surface area is 105 Å². The molecule has 0 saturated heterocycles. The number of benzene rings is 1. The van der Waals surface area contributed by atoms with E-state index in [0.717, 1.165) is 17.9 Å². The van der Waals surface area contributed by atoms with Crippen molar-refractivity contribution in [2.45, 2.75) is 30.9 Å². The average molecular weight is 249 g/mol. The SMILES string of the molecule is CCc1nc(CSc2ccc(N)cc2C)no1. The molecule has 0 bridgehead atoms. The molecule has 2 rings (SSSR count). The Balaban J connectivity index is 2.02. The first-order valence-corrected chi connectivity index (χ1v) is 6.48. The maximum absolute atomic E-state index is 5.71. The Morgan fingerprint density at radius 1 is 1.41 bits per heavy atom. The lowest BCUT2D eigenvalue weighted by atomic mass is 10.2. The zero-order valence-corrected chi connectivity index (χ0v) is 10.8. The molecule has 0 spiro atoms. The van der Waals surface area contributed by atoms with Crippen LogP contribution in [0.4, 0.5) is 5.69 Å². The third-order valence-corrected chi connectivity index (χ3v) is 3.54. The minimum absolute atomic E-state index is 0.689. The van der Waals surface area contributed by atoms with E-state index in [1.807, 2.05) is 32.0 Å². The third kappa shape index (κ3) is 3.00. The van der Waals surface area contributed by atoms with Crippen molar-refractivity contribution in [2.75, 3.05) is 5.73 Å². The van der Waals surface area contributed by atoms with E-state index in [-0.39, 0.29) is 0 Å². The standard InChI is InChI=1S/C12H15N3OS/c1-3-12-14-11(15-16-12)7-17-10-5-4-9(13)6-8(10)2/h4-6H,3,7,13H2,1-2H3. The Morgan fingerprint density at radius 3 is 2.88 bits per heavy atom. The van der Waals surface area contributed by atoms with Gasteiger partial charge >= 0.3 is 0 Å². The van der Waals surface area contributed by atoms with Gasteiger partial charge in [0.2, 0.25) is 5.89 Å². The molecule has 0 fully saturated rings. The Hall–Kier alpha value is -1.49. The molecule has 0 saturated carbocycles. The van der Waals surface area contributed by atoms with Crippen LogP contribution >= 0.6 is 11.8 Å². The molecule has 0 aliphatic rings. The monoisotopic (exact) mass is 249 g/mol. The fourth-order valence-electron chi connectivity index (χ4n) is 1.47. The largest absolute Gasteiger partial charge is 0.399 e. The van der Waals surface area contributed by atoms with Crippen LogP contribution in [-0.4, -0.2) is 10.1 Å². The summed E-state index contributed by atoms with van der Waals surface area (Å²) in [7, 11) is 0. The fraction of sp³-hybridized carbons (Fsp3) is 0.333. The van der Waals surface area contributed by atoms with E-state index >= 15 is 0 Å². The summed E-state index contributed by atoms with van der Waals surface area (Å²) in [5, 5.41) is 3.92. The zero-order chi connectivity index (χ0) is 12.3. The Bertz CT molecular complexity index is 510. The van der Waals surface area contributed by atoms with Gasteiger partial charge in [0.1, 0.15) is 0 Å². The van der Waals surface area contributed by atoms with Gasteiger partial charge in [0.15, 0.2) is 5.82 Å². The van der Waals surface area contributed by atoms with Crippen molar-refractivity contribution in [1.82, 2.24) is 10.1 Å². The van der Waals surface area contributed by atoms with Gasteiger partial charge < -0.3 is 10.3 Å². The van der Waals surface area contributed by atoms with Gasteiger partial charge in [-0.05, 0) is 30.7 Å². The summed E-state index contributed by atoms with van der Waals surface area (Å²) in [4.78, 5) is 5.46. The van der Waals surface area contributed by atoms with Crippen LogP contribution in [0.25, 0.3) is 0 Å². The van der Waals surface area contributed by atoms with Crippen LogP contribution in [0.15, 0.2) is 27.6 Å². The second-order valence-electron chi connectivity index (χ2n) is 3.77. The van der Waals surface area contributed by atoms with Gasteiger partial charge in [0.25, 0.3) is 0 Å². The van der Waals surface area contributed by atoms with Crippen LogP contribution in [0, 0.1) is 6.92 Å². The van der Waals surface area contributed by atoms with Crippen molar-refractivity contribution in [3.63, 3.8) is 0 Å². The second-order valence-corrected chi connectivity index (χ2v) is 4.79. The summed E-state index contributed by atoms with van der Waals surface area (Å²) in [6.45, 7) is 4.04. The van der Waals surface area contributed by atoms with Crippen molar-refractivity contribution in [1.29, 1.82) is 0 Å². The lowest BCUT2D eigenvalue weighted by Crippen LogP contribution is -1.89. The molecule has 5 heteroatoms. The molecule has 0 atom stereocenters. The molecule has 0 radical (unpaired) electrons. The first kappa shape index (κ1) is 12.0. The average Bonchev–Trinajstić information content (AvgIpc) is 2.76. The molecule has 17 heavy (non-hydrogen) atoms. The summed E-state index contributed by atoms with van der Waals surface area (Å²) in [6, 6.07) is 5.90. The van der Waals surface area contributed by atoms with Gasteiger partial charge in [-0.1, -0.05) is 12.1 Å². The van der Waals surface area contributed by atoms with Gasteiger partial charge in [-0.2, -0.15) is 4.98 Å². The third-order valence-electron chi connectivity index (χ3n) is 2.37. The predicted octanol–water partition coefficient (Wildman–Crippen LogP) is 2.81. The lowest BCUT2D eigenvalue weighted by molar-refractivity contribution is 0.378. The zero-order valence-electron chi connectivity index (χ0n) is 9.93. The Kier molecular flexibility index (Phi) is 3.68. The van der Waals surface area contributed by atoms with Crippen LogP contribution in [0.3, 0.4) is 0 Å². The van der Waals surface area contributed by atoms with E-state index in [1.54, 1.807) is 11.8 Å². The van der Waals surface area contributed by atoms with Crippen LogP contribution < -0.4 is 5.73 Å². The summed E-state index contributed by atoms with van der Waals surface area (Å²) in [5.74, 6) is 2.14. The Morgan fingerprint density at radius 2 is 2.24 bits per heavy atom. The lowest BCUT2D eigenvalue weighted by Gasteiger charge is -2.04. The molecule has 2 N–H and O–H groups in total. The first-order valence-electron chi connectivity index (χ1n) is 5.49. The number of hydrogen-bond donors (Lipinski definition) is 1. The van der Waals surface area contributed by atoms with E-state index < -0.39 is 0 Å². The number of nitrogens with zero attached hydrogens (tertiary/aromatic N) is 2. The predicted molar refractivity (Wildman–Crippen MR) is 68.8 cm³/mol. The molecule has 0 aliphatic carbocycles. The molecule has 2 aromatic rings. The molecule has 0 aliphatic heterocycles. The van der Waals surface area contributed by atoms with Gasteiger partial charge in [-0.25, -0.2) is 0 Å². The molecule has 4 nitrogen and oxygen atoms in total. The van der Waals surface area contributed by atoms with Gasteiger partial charge in [-0.3, -0.25) is 0 Å². The van der Waals surface area contributed by atoms with Crippen molar-refractivity contribution in [2.24, 2.45) is 0 Å². The molecule has 1 heterocycles. The summed E-state index contributed by atoms with van der Waals surface area (Å²) < 4.78 is 5.06. The molecular formula is C12H15N3OS. The van der Waals surface area contributed by atoms with E-state index in [2.05, 4.69) is 10.1 Å². The van der Waals surface area contributed by atoms with E-state index in [1.165, 1.54) is 10.5 Å². The highest BCUT2D eigenvalue weighted by Crippen LogP contribution is 2.26. The highest BCUT2D eigenvalue weighted by Gasteiger charge is 2.06. The number of rotatable bonds is 4. The molecule has 0 amide bonds. The van der Waals surface area contributed by atoms with Crippen molar-refractivity contribution in [3.8, 4) is 0 Å². The number of nitrogens with two attached hydrogens (primary N) is 1. The van der Waals surface area contributed by atoms with Crippen molar-refractivity contribution in [3.05, 3.63) is 35.5 Å². The number of hydrogen-bond acceptors (Lipinski definition) is 5. The number of thioether (sulfide) groups is 1. The fourth-order valence-corrected chi connectivity index (χ4v) is 2.32. The van der Waals surface area contributed by atoms with Crippen LogP contribution in [0.1, 0.15) is 24.2 Å². The molecular weight excluding hydrogens is 234 g/mol. The minimum Gasteiger partial charge on any atom is -0.399 e. The minimum atomic E-state index is 0.689. The summed E-state index contributed by atoms with van der Waals surface area (Å²) in [5.41, 5.74) is 7.67. The van der Waals surface area contributed by atoms with Crippen molar-refractivity contribution >= 4 is 17.4 Å². The summed E-state index contributed by atoms with van der Waals surface area (Å²) >= 11 is 1.69. The number of aromatic nitrogens is 2. The van der Waals surface area contributed by atoms with Gasteiger partial charge in [-0.15, -0.1) is 11.8 Å². The van der Waals surface area contributed by atoms with Crippen LogP contribution in [0.5, 0.6) is 0 Å². The number of aryl methyl sites for hydroxylation is 2. The molecule has 90 valence electrons. The first-order chi connectivity index (χ1) is 8.19. The number of nitrogen functional groups attached to an aromatic ring is 1. The summed E-state index contributed by atoms with van der Waals surface area (Å²) in [6.07, 6.45) is 0.776. The molecule has 0 unspecified atom stereocenters. The van der Waals surface area contributed by atoms with E-state index in [9.17, 15) is 0 Å². The molecule has 1 aromatic heterocycles. The van der Waals surface area contributed by atoms with Gasteiger partial charge in [0, 0.05) is 17.0 Å². The van der Waals surface area contributed by atoms with Crippen LogP contribution in [0.2, 0.25) is 0 Å². The van der Waals surface area contributed by atoms with Gasteiger partial charge in [0.05, 0.1) is 5.75 Å². The normalized spacial score (nSPS) is 10.7. The maximum Gasteiger partial charge on any atom is 0.226 e. The highest BCUT2D eigenvalue weighted by molar-refractivity contribution is 7.98. The number of anilines is 1. The second kappa shape index (κ2) is 5.23. The maximum atomic E-state index is 5.71. The molecule has 1 aromatic carbocycles.